The molecule has 0 aromatic heterocycles. The largest absolute Gasteiger partial charge is 0.490 e. The number of likely N-dealkylation sites (N-methyl/N-ethyl adjacent to an activating group) is 1. The van der Waals surface area contributed by atoms with Gasteiger partial charge in [0, 0.05) is 48.7 Å². The van der Waals surface area contributed by atoms with Crippen LogP contribution < -0.4 is 14.4 Å². The van der Waals surface area contributed by atoms with Crippen molar-refractivity contribution in [3.8, 4) is 5.75 Å². The number of halogens is 1. The summed E-state index contributed by atoms with van der Waals surface area (Å²) in [6.45, 7) is 4.16. The highest BCUT2D eigenvalue weighted by molar-refractivity contribution is 7.90. The zero-order valence-corrected chi connectivity index (χ0v) is 33.2. The highest BCUT2D eigenvalue weighted by Crippen LogP contribution is 2.47. The van der Waals surface area contributed by atoms with E-state index in [1.165, 1.54) is 11.1 Å². The van der Waals surface area contributed by atoms with Crippen molar-refractivity contribution < 1.29 is 37.7 Å². The van der Waals surface area contributed by atoms with Gasteiger partial charge in [-0.25, -0.2) is 13.1 Å². The minimum absolute atomic E-state index is 0.0174. The number of carbonyl (C=O) groups is 2. The molecule has 11 nitrogen and oxygen atoms in total. The maximum absolute atomic E-state index is 13.6. The van der Waals surface area contributed by atoms with Gasteiger partial charge >= 0.3 is 0 Å². The Labute approximate surface area is 320 Å². The molecule has 53 heavy (non-hydrogen) atoms. The Morgan fingerprint density at radius 1 is 1.11 bits per heavy atom. The van der Waals surface area contributed by atoms with Crippen molar-refractivity contribution >= 4 is 39.5 Å². The van der Waals surface area contributed by atoms with Crippen LogP contribution in [-0.4, -0.2) is 108 Å². The number of nitrogens with zero attached hydrogens (tertiary/aromatic N) is 2. The van der Waals surface area contributed by atoms with Gasteiger partial charge in [-0.2, -0.15) is 0 Å². The van der Waals surface area contributed by atoms with Crippen molar-refractivity contribution in [1.29, 1.82) is 0 Å². The number of carbonyl (C=O) groups excluding carboxylic acids is 2. The van der Waals surface area contributed by atoms with Gasteiger partial charge in [0.2, 0.25) is 10.0 Å². The van der Waals surface area contributed by atoms with Gasteiger partial charge in [0.1, 0.15) is 12.0 Å². The van der Waals surface area contributed by atoms with Crippen molar-refractivity contribution in [2.45, 2.75) is 81.4 Å². The SMILES string of the molecule is CN(C)C(CO)CO.COCC[C@@H]1[C@@H](C)CCCC(C=O)[C@@H]2CC[C@H]2CN2C[C@@]3(CCCc4cc(Cl)ccc43)COc3ccc(cc32)C(=O)NS1(=O)=O. The highest BCUT2D eigenvalue weighted by Gasteiger charge is 2.45. The van der Waals surface area contributed by atoms with Crippen LogP contribution in [0.4, 0.5) is 5.69 Å². The first kappa shape index (κ1) is 41.4. The number of rotatable bonds is 7. The molecule has 3 N–H and O–H groups in total. The molecular formula is C40H58ClN3O8S. The number of methoxy groups -OCH3 is 1. The number of nitrogens with one attached hydrogen (secondary N) is 1. The van der Waals surface area contributed by atoms with Crippen LogP contribution >= 0.6 is 11.6 Å². The fourth-order valence-corrected chi connectivity index (χ4v) is 10.7. The van der Waals surface area contributed by atoms with Crippen molar-refractivity contribution in [3.05, 3.63) is 58.1 Å². The van der Waals surface area contributed by atoms with Crippen LogP contribution in [0.15, 0.2) is 36.4 Å². The summed E-state index contributed by atoms with van der Waals surface area (Å²) >= 11 is 6.41. The quantitative estimate of drug-likeness (QED) is 0.334. The van der Waals surface area contributed by atoms with Crippen LogP contribution in [-0.2, 0) is 31.4 Å². The molecule has 2 heterocycles. The van der Waals surface area contributed by atoms with Crippen LogP contribution in [0.1, 0.15) is 79.8 Å². The third kappa shape index (κ3) is 9.56. The molecule has 1 saturated carbocycles. The lowest BCUT2D eigenvalue weighted by atomic mass is 9.65. The topological polar surface area (TPSA) is 146 Å². The van der Waals surface area contributed by atoms with E-state index in [2.05, 4.69) is 21.8 Å². The Balaban J connectivity index is 0.000000609. The van der Waals surface area contributed by atoms with Crippen LogP contribution in [0, 0.1) is 23.7 Å². The number of aryl methyl sites for hydroxylation is 1. The molecule has 2 aromatic rings. The summed E-state index contributed by atoms with van der Waals surface area (Å²) in [5.41, 5.74) is 3.32. The third-order valence-corrected chi connectivity index (χ3v) is 14.4. The third-order valence-electron chi connectivity index (χ3n) is 12.2. The molecule has 2 bridgehead atoms. The zero-order chi connectivity index (χ0) is 38.3. The lowest BCUT2D eigenvalue weighted by Crippen LogP contribution is -2.49. The minimum atomic E-state index is -4.00. The molecule has 0 saturated heterocycles. The number of fused-ring (bicyclic) bond motifs is 4. The first-order valence-electron chi connectivity index (χ1n) is 19.0. The monoisotopic (exact) mass is 775 g/mol. The van der Waals surface area contributed by atoms with Gasteiger partial charge in [0.05, 0.1) is 36.8 Å². The number of hydrogen-bond donors (Lipinski definition) is 3. The summed E-state index contributed by atoms with van der Waals surface area (Å²) in [4.78, 5) is 30.2. The number of sulfonamides is 1. The predicted octanol–water partition coefficient (Wildman–Crippen LogP) is 4.84. The van der Waals surface area contributed by atoms with E-state index in [1.54, 1.807) is 30.2 Å². The second kappa shape index (κ2) is 18.3. The van der Waals surface area contributed by atoms with Crippen LogP contribution in [0.3, 0.4) is 0 Å². The van der Waals surface area contributed by atoms with Crippen LogP contribution in [0.25, 0.3) is 0 Å². The Hall–Kier alpha value is -2.74. The number of benzene rings is 2. The maximum Gasteiger partial charge on any atom is 0.264 e. The average molecular weight is 776 g/mol. The van der Waals surface area contributed by atoms with Gasteiger partial charge in [0.25, 0.3) is 5.91 Å². The fraction of sp³-hybridized carbons (Fsp3) is 0.650. The van der Waals surface area contributed by atoms with E-state index in [0.717, 1.165) is 68.5 Å². The molecule has 0 radical (unpaired) electrons. The van der Waals surface area contributed by atoms with E-state index in [1.807, 2.05) is 27.1 Å². The van der Waals surface area contributed by atoms with E-state index in [0.29, 0.717) is 31.2 Å². The second-order valence-corrected chi connectivity index (χ2v) is 18.1. The second-order valence-electron chi connectivity index (χ2n) is 15.8. The zero-order valence-electron chi connectivity index (χ0n) is 31.6. The first-order valence-corrected chi connectivity index (χ1v) is 21.0. The molecule has 1 spiro atoms. The smallest absolute Gasteiger partial charge is 0.264 e. The molecule has 2 aliphatic heterocycles. The number of amides is 1. The van der Waals surface area contributed by atoms with E-state index >= 15 is 0 Å². The van der Waals surface area contributed by atoms with Crippen molar-refractivity contribution in [2.24, 2.45) is 23.7 Å². The van der Waals surface area contributed by atoms with Crippen molar-refractivity contribution in [3.63, 3.8) is 0 Å². The Bertz CT molecular complexity index is 1670. The Morgan fingerprint density at radius 3 is 2.53 bits per heavy atom. The Kier molecular flexibility index (Phi) is 14.3. The molecule has 1 unspecified atom stereocenters. The molecular weight excluding hydrogens is 718 g/mol. The molecule has 1 amide bonds. The lowest BCUT2D eigenvalue weighted by molar-refractivity contribution is -0.115. The van der Waals surface area contributed by atoms with Gasteiger partial charge in [-0.1, -0.05) is 31.0 Å². The van der Waals surface area contributed by atoms with Crippen LogP contribution in [0.5, 0.6) is 5.75 Å². The van der Waals surface area contributed by atoms with Gasteiger partial charge in [0.15, 0.2) is 0 Å². The molecule has 4 aliphatic rings. The van der Waals surface area contributed by atoms with Gasteiger partial charge in [-0.05, 0) is 125 Å². The first-order chi connectivity index (χ1) is 25.4. The molecule has 294 valence electrons. The number of aliphatic hydroxyl groups excluding tert-OH is 2. The minimum Gasteiger partial charge on any atom is -0.490 e. The number of hydrogen-bond acceptors (Lipinski definition) is 10. The van der Waals surface area contributed by atoms with E-state index in [-0.39, 0.29) is 61.0 Å². The summed E-state index contributed by atoms with van der Waals surface area (Å²) in [5, 5.41) is 16.9. The number of aliphatic hydroxyl groups is 2. The summed E-state index contributed by atoms with van der Waals surface area (Å²) in [7, 11) is 1.18. The normalized spacial score (nSPS) is 28.4. The Morgan fingerprint density at radius 2 is 1.89 bits per heavy atom. The maximum atomic E-state index is 13.6. The molecule has 13 heteroatoms. The average Bonchev–Trinajstić information content (AvgIpc) is 3.26. The van der Waals surface area contributed by atoms with Gasteiger partial charge in [-0.3, -0.25) is 4.79 Å². The lowest BCUT2D eigenvalue weighted by Gasteiger charge is -2.46. The summed E-state index contributed by atoms with van der Waals surface area (Å²) in [6.07, 6.45) is 8.57. The van der Waals surface area contributed by atoms with E-state index in [4.69, 9.17) is 31.3 Å². The molecule has 1 fully saturated rings. The summed E-state index contributed by atoms with van der Waals surface area (Å²) < 4.78 is 41.5. The molecule has 2 aliphatic carbocycles. The summed E-state index contributed by atoms with van der Waals surface area (Å²) in [5.74, 6) is 0.406. The highest BCUT2D eigenvalue weighted by atomic mass is 35.5. The number of ether oxygens (including phenoxy) is 2. The molecule has 6 atom stereocenters. The summed E-state index contributed by atoms with van der Waals surface area (Å²) in [6, 6.07) is 11.3. The standard InChI is InChI=1S/C35H45ClN2O6S.C5H13NO2/c1-23-5-3-6-27(20-39)29-11-8-26(29)19-38-21-35(15-4-7-24-17-28(36)10-12-30(24)35)22-44-32-13-9-25(18-31(32)38)34(40)37-45(41,42)33(23)14-16-43-2;1-6(2)5(3-7)4-8/h9-10,12-13,17-18,20,23,26-27,29,33H,3-8,11,14-16,19,21-22H2,1-2H3,(H,37,40);5,7-8H,3-4H2,1-2H3/t23-,26-,27?,29+,33+,35-;/m0./s1. The van der Waals surface area contributed by atoms with Gasteiger partial charge in [-0.15, -0.1) is 0 Å². The van der Waals surface area contributed by atoms with E-state index < -0.39 is 21.2 Å². The van der Waals surface area contributed by atoms with Crippen LogP contribution in [0.2, 0.25) is 5.02 Å². The predicted molar refractivity (Wildman–Crippen MR) is 207 cm³/mol. The van der Waals surface area contributed by atoms with Gasteiger partial charge < -0.3 is 34.3 Å². The van der Waals surface area contributed by atoms with Crippen molar-refractivity contribution in [2.75, 3.05) is 65.6 Å². The number of aldehydes is 1. The number of anilines is 1. The fourth-order valence-electron chi connectivity index (χ4n) is 8.80. The molecule has 6 rings (SSSR count). The van der Waals surface area contributed by atoms with E-state index in [9.17, 15) is 18.0 Å². The molecule has 2 aromatic carbocycles. The van der Waals surface area contributed by atoms with Crippen molar-refractivity contribution in [1.82, 2.24) is 9.62 Å².